The number of rotatable bonds is 16. The van der Waals surface area contributed by atoms with Crippen LogP contribution in [-0.2, 0) is 33.8 Å². The van der Waals surface area contributed by atoms with E-state index in [9.17, 15) is 4.79 Å². The number of carbonyl (C=O) groups is 1. The van der Waals surface area contributed by atoms with E-state index in [-0.39, 0.29) is 5.91 Å². The highest BCUT2D eigenvalue weighted by molar-refractivity contribution is 7.94. The molecule has 0 aliphatic carbocycles. The SMILES string of the molecule is NOOSc1ccc(CNC(=O)CCCCCCCCCC[N+]23Cc4cccc[n+]4C2[n+]2ccccc2C3)cc1. The maximum absolute atomic E-state index is 12.2. The van der Waals surface area contributed by atoms with Crippen molar-refractivity contribution in [1.82, 2.24) is 5.32 Å². The lowest BCUT2D eigenvalue weighted by atomic mass is 10.1. The molecule has 1 aromatic carbocycles. The fraction of sp³-hybridized carbons (Fsp3) is 0.452. The van der Waals surface area contributed by atoms with Crippen molar-refractivity contribution in [3.05, 3.63) is 90.0 Å². The molecule has 2 aromatic heterocycles. The molecule has 3 aromatic rings. The average Bonchev–Trinajstić information content (AvgIpc) is 3.47. The number of pyridine rings is 2. The minimum atomic E-state index is 0.119. The third kappa shape index (κ3) is 7.08. The molecule has 0 atom stereocenters. The molecule has 8 nitrogen and oxygen atoms in total. The lowest BCUT2D eigenvalue weighted by molar-refractivity contribution is -1.16. The molecule has 2 aliphatic rings. The summed E-state index contributed by atoms with van der Waals surface area (Å²) >= 11 is 1.04. The molecule has 4 heterocycles. The van der Waals surface area contributed by atoms with Crippen molar-refractivity contribution in [3.8, 4) is 0 Å². The molecule has 9 heteroatoms. The quantitative estimate of drug-likeness (QED) is 0.0655. The Labute approximate surface area is 241 Å². The monoisotopic (exact) mass is 564 g/mol. The van der Waals surface area contributed by atoms with Crippen molar-refractivity contribution in [2.75, 3.05) is 6.54 Å². The van der Waals surface area contributed by atoms with Gasteiger partial charge in [0.2, 0.25) is 17.3 Å². The normalized spacial score (nSPS) is 18.8. The number of nitrogens with zero attached hydrogens (tertiary/aromatic N) is 3. The third-order valence-electron chi connectivity index (χ3n) is 8.24. The predicted molar refractivity (Wildman–Crippen MR) is 152 cm³/mol. The van der Waals surface area contributed by atoms with Crippen LogP contribution in [-0.4, -0.2) is 16.9 Å². The van der Waals surface area contributed by atoms with Crippen molar-refractivity contribution >= 4 is 17.9 Å². The van der Waals surface area contributed by atoms with Gasteiger partial charge in [0.05, 0.1) is 18.6 Å². The summed E-state index contributed by atoms with van der Waals surface area (Å²) in [6, 6.07) is 21.0. The fourth-order valence-corrected chi connectivity index (χ4v) is 6.65. The number of hydrogen-bond acceptors (Lipinski definition) is 5. The molecule has 40 heavy (non-hydrogen) atoms. The molecule has 5 rings (SSSR count). The summed E-state index contributed by atoms with van der Waals surface area (Å²) < 4.78 is 10.7. The van der Waals surface area contributed by atoms with E-state index in [1.54, 1.807) is 0 Å². The maximum atomic E-state index is 12.2. The summed E-state index contributed by atoms with van der Waals surface area (Å²) in [5.74, 6) is 4.96. The molecule has 0 saturated heterocycles. The van der Waals surface area contributed by atoms with Crippen LogP contribution in [0.3, 0.4) is 0 Å². The van der Waals surface area contributed by atoms with Gasteiger partial charge in [0.15, 0.2) is 25.5 Å². The van der Waals surface area contributed by atoms with Crippen LogP contribution in [0.2, 0.25) is 0 Å². The Hall–Kier alpha value is -2.82. The second-order valence-electron chi connectivity index (χ2n) is 11.0. The summed E-state index contributed by atoms with van der Waals surface area (Å²) in [5, 5.41) is 3.01. The molecule has 2 aliphatic heterocycles. The largest absolute Gasteiger partial charge is 0.484 e. The molecule has 212 valence electrons. The second kappa shape index (κ2) is 14.2. The van der Waals surface area contributed by atoms with Gasteiger partial charge >= 0.3 is 6.29 Å². The highest BCUT2D eigenvalue weighted by Gasteiger charge is 2.63. The lowest BCUT2D eigenvalue weighted by Gasteiger charge is -2.24. The molecule has 3 N–H and O–H groups in total. The van der Waals surface area contributed by atoms with Crippen LogP contribution in [0.15, 0.2) is 78.0 Å². The first-order chi connectivity index (χ1) is 19.7. The molecule has 0 bridgehead atoms. The van der Waals surface area contributed by atoms with E-state index in [1.807, 2.05) is 24.3 Å². The first kappa shape index (κ1) is 28.7. The van der Waals surface area contributed by atoms with Gasteiger partial charge in [0.25, 0.3) is 0 Å². The topological polar surface area (TPSA) is 81.3 Å². The van der Waals surface area contributed by atoms with E-state index in [4.69, 9.17) is 5.90 Å². The van der Waals surface area contributed by atoms with Crippen LogP contribution in [0.5, 0.6) is 0 Å². The highest BCUT2D eigenvalue weighted by Crippen LogP contribution is 2.34. The zero-order valence-corrected chi connectivity index (χ0v) is 24.1. The Morgan fingerprint density at radius 2 is 1.45 bits per heavy atom. The van der Waals surface area contributed by atoms with Crippen LogP contribution in [0.25, 0.3) is 0 Å². The molecule has 1 amide bonds. The third-order valence-corrected chi connectivity index (χ3v) is 8.85. The number of aromatic nitrogens is 2. The first-order valence-corrected chi connectivity index (χ1v) is 15.3. The smallest absolute Gasteiger partial charge is 0.352 e. The standard InChI is InChI=1S/C31H41N5O3S/c32-38-39-40-29-18-16-26(17-19-29)23-33-30(37)15-7-5-3-1-2-4-6-12-22-36-24-27-13-8-10-20-34(27)31(36)35-21-11-9-14-28(35)25-36/h8-11,13-14,16-21,31H,1-7,12,15,22-25,32H2/q+2/p+1. The zero-order valence-electron chi connectivity index (χ0n) is 23.2. The molecular weight excluding hydrogens is 522 g/mol. The van der Waals surface area contributed by atoms with Gasteiger partial charge in [0.1, 0.15) is 0 Å². The summed E-state index contributed by atoms with van der Waals surface area (Å²) in [7, 11) is 0. The fourth-order valence-electron chi connectivity index (χ4n) is 6.28. The van der Waals surface area contributed by atoms with Gasteiger partial charge in [-0.25, -0.2) is 0 Å². The van der Waals surface area contributed by atoms with Crippen LogP contribution in [0, 0.1) is 0 Å². The number of amides is 1. The van der Waals surface area contributed by atoms with Crippen molar-refractivity contribution in [2.24, 2.45) is 5.90 Å². The number of benzene rings is 1. The van der Waals surface area contributed by atoms with E-state index in [0.29, 0.717) is 19.3 Å². The molecular formula is C31H42N5O3S+3. The summed E-state index contributed by atoms with van der Waals surface area (Å²) in [6.45, 7) is 4.00. The number of nitrogens with one attached hydrogen (secondary N) is 1. The van der Waals surface area contributed by atoms with Gasteiger partial charge in [-0.05, 0) is 49.1 Å². The van der Waals surface area contributed by atoms with Crippen molar-refractivity contribution in [1.29, 1.82) is 0 Å². The van der Waals surface area contributed by atoms with E-state index >= 15 is 0 Å². The predicted octanol–water partition coefficient (Wildman–Crippen LogP) is 4.77. The van der Waals surface area contributed by atoms with Gasteiger partial charge in [-0.1, -0.05) is 53.4 Å². The van der Waals surface area contributed by atoms with Gasteiger partial charge in [-0.15, -0.1) is 9.32 Å². The number of quaternary nitrogens is 1. The van der Waals surface area contributed by atoms with Crippen molar-refractivity contribution < 1.29 is 27.7 Å². The van der Waals surface area contributed by atoms with Gasteiger partial charge in [-0.3, -0.25) is 4.79 Å². The highest BCUT2D eigenvalue weighted by atomic mass is 32.2. The Bertz CT molecular complexity index is 1210. The number of hydrogen-bond donors (Lipinski definition) is 2. The lowest BCUT2D eigenvalue weighted by Crippen LogP contribution is -2.62. The summed E-state index contributed by atoms with van der Waals surface area (Å²) in [4.78, 5) is 17.2. The van der Waals surface area contributed by atoms with E-state index in [0.717, 1.165) is 52.9 Å². The Morgan fingerprint density at radius 1 is 0.850 bits per heavy atom. The van der Waals surface area contributed by atoms with Gasteiger partial charge in [-0.2, -0.15) is 10.4 Å². The molecule has 0 radical (unpaired) electrons. The van der Waals surface area contributed by atoms with Crippen LogP contribution in [0.4, 0.5) is 0 Å². The number of carbonyl (C=O) groups excluding carboxylic acids is 1. The Kier molecular flexibility index (Phi) is 10.2. The molecule has 0 fully saturated rings. The Balaban J connectivity index is 0.925. The van der Waals surface area contributed by atoms with Gasteiger partial charge < -0.3 is 5.32 Å². The second-order valence-corrected chi connectivity index (χ2v) is 11.8. The van der Waals surface area contributed by atoms with Crippen LogP contribution < -0.4 is 20.3 Å². The van der Waals surface area contributed by atoms with E-state index in [2.05, 4.69) is 72.6 Å². The van der Waals surface area contributed by atoms with E-state index < -0.39 is 0 Å². The maximum Gasteiger partial charge on any atom is 0.484 e. The number of nitrogens with two attached hydrogens (primary N) is 1. The van der Waals surface area contributed by atoms with Crippen LogP contribution >= 0.6 is 12.0 Å². The molecule has 0 saturated carbocycles. The zero-order chi connectivity index (χ0) is 27.6. The minimum absolute atomic E-state index is 0.119. The number of fused-ring (bicyclic) bond motifs is 5. The Morgan fingerprint density at radius 3 is 2.08 bits per heavy atom. The van der Waals surface area contributed by atoms with Crippen molar-refractivity contribution in [3.63, 3.8) is 0 Å². The van der Waals surface area contributed by atoms with E-state index in [1.165, 1.54) is 56.5 Å². The van der Waals surface area contributed by atoms with Crippen molar-refractivity contribution in [2.45, 2.75) is 88.6 Å². The summed E-state index contributed by atoms with van der Waals surface area (Å²) in [6.07, 6.45) is 15.2. The van der Waals surface area contributed by atoms with Crippen LogP contribution in [0.1, 0.15) is 81.0 Å². The minimum Gasteiger partial charge on any atom is -0.352 e. The average molecular weight is 565 g/mol. The molecule has 0 unspecified atom stereocenters. The summed E-state index contributed by atoms with van der Waals surface area (Å²) in [5.41, 5.74) is 3.94. The van der Waals surface area contributed by atoms with Gasteiger partial charge in [0, 0.05) is 42.1 Å². The molecule has 0 spiro atoms. The number of unbranched alkanes of at least 4 members (excludes halogenated alkanes) is 7. The first-order valence-electron chi connectivity index (χ1n) is 14.6.